The van der Waals surface area contributed by atoms with Crippen LogP contribution in [0.25, 0.3) is 28.0 Å². The Hall–Kier alpha value is -5.33. The monoisotopic (exact) mass is 637 g/mol. The SMILES string of the molecule is C=CC(=O)N1C(C)CN(c2nc(=O)n3c4nc(c(F)cc24)-c2c(F)cccc2Cn2cc(nn2)Cc2ccnc(C(C)C)c2-3)CC1C. The van der Waals surface area contributed by atoms with Gasteiger partial charge < -0.3 is 9.80 Å². The van der Waals surface area contributed by atoms with Gasteiger partial charge in [-0.25, -0.2) is 27.8 Å². The summed E-state index contributed by atoms with van der Waals surface area (Å²) in [7, 11) is 0. The predicted molar refractivity (Wildman–Crippen MR) is 172 cm³/mol. The quantitative estimate of drug-likeness (QED) is 0.263. The first-order valence-corrected chi connectivity index (χ1v) is 15.5. The Morgan fingerprint density at radius 3 is 2.55 bits per heavy atom. The highest BCUT2D eigenvalue weighted by Gasteiger charge is 2.34. The van der Waals surface area contributed by atoms with Crippen molar-refractivity contribution >= 4 is 22.8 Å². The molecule has 0 saturated carbocycles. The van der Waals surface area contributed by atoms with Crippen molar-refractivity contribution in [2.24, 2.45) is 0 Å². The largest absolute Gasteiger partial charge is 0.355 e. The van der Waals surface area contributed by atoms with E-state index >= 15 is 8.78 Å². The average Bonchev–Trinajstić information content (AvgIpc) is 3.47. The lowest BCUT2D eigenvalue weighted by atomic mass is 10.0. The number of aromatic nitrogens is 7. The predicted octanol–water partition coefficient (Wildman–Crippen LogP) is 4.40. The third-order valence-corrected chi connectivity index (χ3v) is 8.88. The highest BCUT2D eigenvalue weighted by atomic mass is 19.1. The molecule has 4 aromatic heterocycles. The number of halogens is 2. The molecule has 1 fully saturated rings. The molecule has 4 bridgehead atoms. The Balaban J connectivity index is 1.56. The Labute approximate surface area is 269 Å². The second-order valence-corrected chi connectivity index (χ2v) is 12.5. The lowest BCUT2D eigenvalue weighted by Crippen LogP contribution is -2.58. The molecule has 5 aromatic rings. The van der Waals surface area contributed by atoms with Crippen LogP contribution in [0.2, 0.25) is 0 Å². The summed E-state index contributed by atoms with van der Waals surface area (Å²) in [5, 5.41) is 8.87. The zero-order valence-electron chi connectivity index (χ0n) is 26.5. The highest BCUT2D eigenvalue weighted by molar-refractivity contribution is 5.91. The molecule has 0 aliphatic carbocycles. The molecule has 6 heterocycles. The number of piperazine rings is 1. The summed E-state index contributed by atoms with van der Waals surface area (Å²) in [6, 6.07) is 7.07. The molecular formula is C34H33F2N9O2. The molecule has 7 rings (SSSR count). The van der Waals surface area contributed by atoms with Crippen molar-refractivity contribution in [1.29, 1.82) is 0 Å². The minimum absolute atomic E-state index is 0.0325. The van der Waals surface area contributed by atoms with Crippen molar-refractivity contribution in [3.05, 3.63) is 100 Å². The molecule has 0 spiro atoms. The lowest BCUT2D eigenvalue weighted by molar-refractivity contribution is -0.130. The first kappa shape index (κ1) is 30.3. The molecule has 13 heteroatoms. The molecule has 1 amide bonds. The molecule has 2 aliphatic rings. The molecule has 1 saturated heterocycles. The number of hydrogen-bond donors (Lipinski definition) is 0. The van der Waals surface area contributed by atoms with Crippen molar-refractivity contribution in [3.8, 4) is 16.9 Å². The van der Waals surface area contributed by atoms with E-state index in [1.165, 1.54) is 22.8 Å². The van der Waals surface area contributed by atoms with Crippen molar-refractivity contribution in [3.63, 3.8) is 0 Å². The third kappa shape index (κ3) is 5.06. The fourth-order valence-corrected chi connectivity index (χ4v) is 6.93. The molecule has 11 nitrogen and oxygen atoms in total. The van der Waals surface area contributed by atoms with Crippen LogP contribution in [0.15, 0.2) is 60.2 Å². The summed E-state index contributed by atoms with van der Waals surface area (Å²) in [5.41, 5.74) is 2.07. The number of hydrogen-bond acceptors (Lipinski definition) is 8. The average molecular weight is 638 g/mol. The molecule has 0 radical (unpaired) electrons. The molecule has 1 aromatic carbocycles. The number of amides is 1. The van der Waals surface area contributed by atoms with Crippen molar-refractivity contribution in [2.75, 3.05) is 18.0 Å². The molecular weight excluding hydrogens is 604 g/mol. The molecule has 47 heavy (non-hydrogen) atoms. The summed E-state index contributed by atoms with van der Waals surface area (Å²) >= 11 is 0. The zero-order chi connectivity index (χ0) is 33.1. The van der Waals surface area contributed by atoms with E-state index in [0.717, 1.165) is 5.56 Å². The summed E-state index contributed by atoms with van der Waals surface area (Å²) in [4.78, 5) is 44.6. The van der Waals surface area contributed by atoms with Crippen LogP contribution in [0.1, 0.15) is 56.1 Å². The van der Waals surface area contributed by atoms with Crippen LogP contribution in [0.4, 0.5) is 14.6 Å². The van der Waals surface area contributed by atoms with Crippen LogP contribution < -0.4 is 10.6 Å². The lowest BCUT2D eigenvalue weighted by Gasteiger charge is -2.44. The molecule has 2 atom stereocenters. The Bertz CT molecular complexity index is 2130. The first-order valence-electron chi connectivity index (χ1n) is 15.5. The van der Waals surface area contributed by atoms with Gasteiger partial charge >= 0.3 is 5.69 Å². The second kappa shape index (κ2) is 11.5. The summed E-state index contributed by atoms with van der Waals surface area (Å²) < 4.78 is 35.1. The number of carbonyl (C=O) groups excluding carboxylic acids is 1. The van der Waals surface area contributed by atoms with Crippen LogP contribution in [0.5, 0.6) is 0 Å². The number of benzene rings is 1. The molecule has 0 N–H and O–H groups in total. The van der Waals surface area contributed by atoms with Crippen LogP contribution in [0.3, 0.4) is 0 Å². The third-order valence-electron chi connectivity index (χ3n) is 8.88. The van der Waals surface area contributed by atoms with Crippen LogP contribution >= 0.6 is 0 Å². The van der Waals surface area contributed by atoms with Gasteiger partial charge in [0.05, 0.1) is 29.0 Å². The van der Waals surface area contributed by atoms with Crippen LogP contribution in [-0.4, -0.2) is 70.5 Å². The van der Waals surface area contributed by atoms with E-state index < -0.39 is 17.3 Å². The van der Waals surface area contributed by atoms with Gasteiger partial charge in [0.1, 0.15) is 23.1 Å². The maximum atomic E-state index is 16.4. The van der Waals surface area contributed by atoms with Gasteiger partial charge in [-0.3, -0.25) is 9.78 Å². The second-order valence-electron chi connectivity index (χ2n) is 12.5. The topological polar surface area (TPSA) is 115 Å². The maximum Gasteiger partial charge on any atom is 0.355 e. The fraction of sp³-hybridized carbons (Fsp3) is 0.324. The van der Waals surface area contributed by atoms with Gasteiger partial charge in [0.25, 0.3) is 0 Å². The van der Waals surface area contributed by atoms with Gasteiger partial charge in [-0.1, -0.05) is 37.8 Å². The summed E-state index contributed by atoms with van der Waals surface area (Å²) in [6.07, 6.45) is 5.03. The van der Waals surface area contributed by atoms with Gasteiger partial charge in [0.15, 0.2) is 5.65 Å². The minimum atomic E-state index is -0.775. The van der Waals surface area contributed by atoms with Crippen LogP contribution in [0, 0.1) is 11.6 Å². The number of rotatable bonds is 3. The first-order chi connectivity index (χ1) is 22.5. The van der Waals surface area contributed by atoms with E-state index in [2.05, 4.69) is 26.9 Å². The normalized spacial score (nSPS) is 17.6. The minimum Gasteiger partial charge on any atom is -0.352 e. The van der Waals surface area contributed by atoms with E-state index in [0.29, 0.717) is 42.1 Å². The Morgan fingerprint density at radius 2 is 1.83 bits per heavy atom. The molecule has 2 unspecified atom stereocenters. The summed E-state index contributed by atoms with van der Waals surface area (Å²) in [6.45, 7) is 12.2. The standard InChI is InChI=1S/C34H33F2N9O2/c1-6-27(46)44-19(4)14-42(15-20(44)5)32-24-13-26(36)30-28-22(8-7-9-25(28)35)16-43-17-23(40-41-43)12-21-10-11-37-29(18(2)3)31(21)45(33(24)38-30)34(47)39-32/h6-11,13,17-20H,1,12,14-16H2,2-5H3. The van der Waals surface area contributed by atoms with Crippen molar-refractivity contribution in [2.45, 2.75) is 58.7 Å². The number of anilines is 1. The molecule has 2 aliphatic heterocycles. The van der Waals surface area contributed by atoms with Crippen molar-refractivity contribution < 1.29 is 13.6 Å². The van der Waals surface area contributed by atoms with E-state index in [1.807, 2.05) is 38.7 Å². The Morgan fingerprint density at radius 1 is 1.06 bits per heavy atom. The van der Waals surface area contributed by atoms with Crippen molar-refractivity contribution in [1.82, 2.24) is 39.4 Å². The fourth-order valence-electron chi connectivity index (χ4n) is 6.93. The molecule has 240 valence electrons. The number of nitrogens with zero attached hydrogens (tertiary/aromatic N) is 9. The Kier molecular flexibility index (Phi) is 7.41. The van der Waals surface area contributed by atoms with E-state index in [4.69, 9.17) is 4.98 Å². The smallest absolute Gasteiger partial charge is 0.352 e. The van der Waals surface area contributed by atoms with Gasteiger partial charge in [0.2, 0.25) is 5.91 Å². The number of carbonyl (C=O) groups is 1. The van der Waals surface area contributed by atoms with E-state index in [9.17, 15) is 9.59 Å². The van der Waals surface area contributed by atoms with Gasteiger partial charge in [-0.05, 0) is 55.2 Å². The van der Waals surface area contributed by atoms with E-state index in [-0.39, 0.29) is 58.6 Å². The van der Waals surface area contributed by atoms with E-state index in [1.54, 1.807) is 34.1 Å². The summed E-state index contributed by atoms with van der Waals surface area (Å²) in [5.74, 6) is -1.52. The van der Waals surface area contributed by atoms with Gasteiger partial charge in [-0.2, -0.15) is 4.98 Å². The maximum absolute atomic E-state index is 16.4. The van der Waals surface area contributed by atoms with Crippen LogP contribution in [-0.2, 0) is 17.8 Å². The highest BCUT2D eigenvalue weighted by Crippen LogP contribution is 2.36. The zero-order valence-corrected chi connectivity index (χ0v) is 26.5. The number of pyridine rings is 2. The van der Waals surface area contributed by atoms with Gasteiger partial charge in [0, 0.05) is 49.6 Å². The number of fused-ring (bicyclic) bond motifs is 7. The van der Waals surface area contributed by atoms with Gasteiger partial charge in [-0.15, -0.1) is 5.10 Å².